The maximum atomic E-state index is 4.75. The molecular weight excluding hydrogens is 194 g/mol. The van der Waals surface area contributed by atoms with Crippen LogP contribution in [0.15, 0.2) is 4.99 Å². The second-order valence-corrected chi connectivity index (χ2v) is 5.45. The maximum absolute atomic E-state index is 4.75. The Bertz CT molecular complexity index is 176. The highest BCUT2D eigenvalue weighted by molar-refractivity contribution is 5.81. The summed E-state index contributed by atoms with van der Waals surface area (Å²) in [5.74, 6) is 1.62. The highest BCUT2D eigenvalue weighted by Gasteiger charge is 2.05. The number of hydrogen-bond acceptors (Lipinski definition) is 1. The molecule has 0 amide bonds. The Morgan fingerprint density at radius 2 is 1.56 bits per heavy atom. The van der Waals surface area contributed by atoms with Gasteiger partial charge in [-0.2, -0.15) is 0 Å². The molecule has 0 saturated heterocycles. The molecule has 0 saturated carbocycles. The van der Waals surface area contributed by atoms with E-state index < -0.39 is 0 Å². The van der Waals surface area contributed by atoms with E-state index in [9.17, 15) is 0 Å². The smallest absolute Gasteiger partial charge is 0.0416 e. The van der Waals surface area contributed by atoms with Gasteiger partial charge in [0.2, 0.25) is 0 Å². The predicted octanol–water partition coefficient (Wildman–Crippen LogP) is 5.10. The Labute approximate surface area is 103 Å². The molecule has 0 unspecified atom stereocenters. The lowest BCUT2D eigenvalue weighted by molar-refractivity contribution is 0.451. The number of nitrogens with zero attached hydrogens (tertiary/aromatic N) is 1. The molecule has 96 valence electrons. The molecule has 16 heavy (non-hydrogen) atoms. The van der Waals surface area contributed by atoms with E-state index in [0.717, 1.165) is 18.4 Å². The molecule has 1 nitrogen and oxygen atoms in total. The van der Waals surface area contributed by atoms with E-state index in [1.165, 1.54) is 44.2 Å². The summed E-state index contributed by atoms with van der Waals surface area (Å²) in [5.41, 5.74) is 1.35. The van der Waals surface area contributed by atoms with Crippen LogP contribution < -0.4 is 0 Å². The van der Waals surface area contributed by atoms with Gasteiger partial charge in [0.1, 0.15) is 0 Å². The fourth-order valence-electron chi connectivity index (χ4n) is 2.00. The van der Waals surface area contributed by atoms with Crippen molar-refractivity contribution in [3.8, 4) is 0 Å². The van der Waals surface area contributed by atoms with E-state index in [-0.39, 0.29) is 0 Å². The van der Waals surface area contributed by atoms with E-state index in [2.05, 4.69) is 34.6 Å². The summed E-state index contributed by atoms with van der Waals surface area (Å²) < 4.78 is 0. The van der Waals surface area contributed by atoms with Crippen molar-refractivity contribution in [2.75, 3.05) is 6.54 Å². The van der Waals surface area contributed by atoms with Crippen LogP contribution >= 0.6 is 0 Å². The monoisotopic (exact) mass is 225 g/mol. The van der Waals surface area contributed by atoms with Gasteiger partial charge >= 0.3 is 0 Å². The SMILES string of the molecule is CCCC(CCC)C/N=C(/C)CCC(C)C. The van der Waals surface area contributed by atoms with Gasteiger partial charge in [0.25, 0.3) is 0 Å². The summed E-state index contributed by atoms with van der Waals surface area (Å²) in [5, 5.41) is 0. The van der Waals surface area contributed by atoms with Crippen LogP contribution in [0, 0.1) is 11.8 Å². The molecule has 0 aliphatic carbocycles. The molecule has 0 bridgehead atoms. The number of aliphatic imine (C=N–C) groups is 1. The Kier molecular flexibility index (Phi) is 9.66. The van der Waals surface area contributed by atoms with Gasteiger partial charge in [0.05, 0.1) is 0 Å². The van der Waals surface area contributed by atoms with Gasteiger partial charge in [-0.3, -0.25) is 4.99 Å². The van der Waals surface area contributed by atoms with Crippen LogP contribution in [-0.2, 0) is 0 Å². The van der Waals surface area contributed by atoms with Crippen molar-refractivity contribution in [1.29, 1.82) is 0 Å². The van der Waals surface area contributed by atoms with E-state index in [0.29, 0.717) is 0 Å². The lowest BCUT2D eigenvalue weighted by Crippen LogP contribution is -2.06. The van der Waals surface area contributed by atoms with Crippen LogP contribution in [0.1, 0.15) is 73.1 Å². The molecule has 0 spiro atoms. The molecular formula is C15H31N. The van der Waals surface area contributed by atoms with Gasteiger partial charge in [-0.25, -0.2) is 0 Å². The average Bonchev–Trinajstić information content (AvgIpc) is 2.23. The molecule has 0 radical (unpaired) electrons. The molecule has 1 heteroatoms. The highest BCUT2D eigenvalue weighted by atomic mass is 14.7. The van der Waals surface area contributed by atoms with E-state index in [1.54, 1.807) is 0 Å². The topological polar surface area (TPSA) is 12.4 Å². The average molecular weight is 225 g/mol. The summed E-state index contributed by atoms with van der Waals surface area (Å²) in [6.07, 6.45) is 7.74. The lowest BCUT2D eigenvalue weighted by Gasteiger charge is -2.13. The Hall–Kier alpha value is -0.330. The molecule has 0 aromatic rings. The third kappa shape index (κ3) is 8.94. The van der Waals surface area contributed by atoms with E-state index in [1.807, 2.05) is 0 Å². The maximum Gasteiger partial charge on any atom is 0.0416 e. The minimum Gasteiger partial charge on any atom is -0.294 e. The van der Waals surface area contributed by atoms with Crippen LogP contribution in [0.2, 0.25) is 0 Å². The largest absolute Gasteiger partial charge is 0.294 e. The summed E-state index contributed by atoms with van der Waals surface area (Å²) in [4.78, 5) is 4.75. The minimum absolute atomic E-state index is 0.798. The summed E-state index contributed by atoms with van der Waals surface area (Å²) >= 11 is 0. The zero-order valence-electron chi connectivity index (χ0n) is 12.1. The van der Waals surface area contributed by atoms with Crippen LogP contribution in [0.5, 0.6) is 0 Å². The highest BCUT2D eigenvalue weighted by Crippen LogP contribution is 2.14. The first-order valence-corrected chi connectivity index (χ1v) is 7.10. The molecule has 0 aliphatic heterocycles. The summed E-state index contributed by atoms with van der Waals surface area (Å²) in [7, 11) is 0. The molecule has 0 fully saturated rings. The Morgan fingerprint density at radius 1 is 1.00 bits per heavy atom. The second kappa shape index (κ2) is 9.86. The summed E-state index contributed by atoms with van der Waals surface area (Å²) in [6, 6.07) is 0. The summed E-state index contributed by atoms with van der Waals surface area (Å²) in [6.45, 7) is 12.4. The standard InChI is InChI=1S/C15H31N/c1-6-8-15(9-7-2)12-16-14(5)11-10-13(3)4/h13,15H,6-12H2,1-5H3/b16-14-. The van der Waals surface area contributed by atoms with Crippen molar-refractivity contribution in [2.24, 2.45) is 16.8 Å². The van der Waals surface area contributed by atoms with Crippen molar-refractivity contribution in [1.82, 2.24) is 0 Å². The Morgan fingerprint density at radius 3 is 2.00 bits per heavy atom. The second-order valence-electron chi connectivity index (χ2n) is 5.45. The van der Waals surface area contributed by atoms with Gasteiger partial charge in [-0.15, -0.1) is 0 Å². The van der Waals surface area contributed by atoms with Gasteiger partial charge in [-0.05, 0) is 44.4 Å². The first-order valence-electron chi connectivity index (χ1n) is 7.10. The molecule has 0 aliphatic rings. The van der Waals surface area contributed by atoms with Gasteiger partial charge in [0.15, 0.2) is 0 Å². The molecule has 0 rings (SSSR count). The van der Waals surface area contributed by atoms with Gasteiger partial charge in [-0.1, -0.05) is 40.5 Å². The minimum atomic E-state index is 0.798. The van der Waals surface area contributed by atoms with Crippen molar-refractivity contribution in [2.45, 2.75) is 73.1 Å². The van der Waals surface area contributed by atoms with Gasteiger partial charge in [0, 0.05) is 12.3 Å². The van der Waals surface area contributed by atoms with Crippen LogP contribution in [0.3, 0.4) is 0 Å². The van der Waals surface area contributed by atoms with E-state index in [4.69, 9.17) is 4.99 Å². The fraction of sp³-hybridized carbons (Fsp3) is 0.933. The van der Waals surface area contributed by atoms with Crippen LogP contribution in [0.4, 0.5) is 0 Å². The first kappa shape index (κ1) is 15.7. The zero-order chi connectivity index (χ0) is 12.4. The van der Waals surface area contributed by atoms with Crippen LogP contribution in [-0.4, -0.2) is 12.3 Å². The number of hydrogen-bond donors (Lipinski definition) is 0. The van der Waals surface area contributed by atoms with Crippen molar-refractivity contribution in [3.05, 3.63) is 0 Å². The molecule has 0 aromatic carbocycles. The van der Waals surface area contributed by atoms with Gasteiger partial charge < -0.3 is 0 Å². The fourth-order valence-corrected chi connectivity index (χ4v) is 2.00. The predicted molar refractivity (Wildman–Crippen MR) is 75.4 cm³/mol. The first-order chi connectivity index (χ1) is 7.60. The molecule has 0 N–H and O–H groups in total. The molecule has 0 atom stereocenters. The quantitative estimate of drug-likeness (QED) is 0.484. The third-order valence-corrected chi connectivity index (χ3v) is 3.10. The van der Waals surface area contributed by atoms with Crippen molar-refractivity contribution in [3.63, 3.8) is 0 Å². The van der Waals surface area contributed by atoms with Crippen molar-refractivity contribution < 1.29 is 0 Å². The normalized spacial score (nSPS) is 12.8. The molecule has 0 aromatic heterocycles. The van der Waals surface area contributed by atoms with Crippen molar-refractivity contribution >= 4 is 5.71 Å². The lowest BCUT2D eigenvalue weighted by atomic mass is 9.98. The Balaban J connectivity index is 3.89. The van der Waals surface area contributed by atoms with Crippen LogP contribution in [0.25, 0.3) is 0 Å². The molecule has 0 heterocycles. The van der Waals surface area contributed by atoms with E-state index >= 15 is 0 Å². The number of rotatable bonds is 9. The zero-order valence-corrected chi connectivity index (χ0v) is 12.1. The third-order valence-electron chi connectivity index (χ3n) is 3.10.